The van der Waals surface area contributed by atoms with Crippen LogP contribution in [0.1, 0.15) is 0 Å². The highest BCUT2D eigenvalue weighted by molar-refractivity contribution is 7.26. The monoisotopic (exact) mass is 327 g/mol. The highest BCUT2D eigenvalue weighted by Gasteiger charge is 2.17. The summed E-state index contributed by atoms with van der Waals surface area (Å²) in [4.78, 5) is 5.01. The van der Waals surface area contributed by atoms with E-state index in [2.05, 4.69) is 76.7 Å². The van der Waals surface area contributed by atoms with E-state index in [9.17, 15) is 0 Å². The van der Waals surface area contributed by atoms with Crippen LogP contribution in [0.15, 0.2) is 60.7 Å². The van der Waals surface area contributed by atoms with E-state index in [0.29, 0.717) is 0 Å². The Morgan fingerprint density at radius 1 is 0.792 bits per heavy atom. The van der Waals surface area contributed by atoms with Gasteiger partial charge in [0.05, 0.1) is 21.3 Å². The Morgan fingerprint density at radius 3 is 2.50 bits per heavy atom. The van der Waals surface area contributed by atoms with Crippen LogP contribution in [0, 0.1) is 0 Å². The van der Waals surface area contributed by atoms with Gasteiger partial charge in [-0.2, -0.15) is 0 Å². The lowest BCUT2D eigenvalue weighted by molar-refractivity contribution is 0.974. The first-order chi connectivity index (χ1) is 11.8. The number of hydrogen-bond donors (Lipinski definition) is 0. The predicted octanol–water partition coefficient (Wildman–Crippen LogP) is 5.35. The van der Waals surface area contributed by atoms with Crippen LogP contribution in [0.3, 0.4) is 0 Å². The first kappa shape index (κ1) is 12.6. The first-order valence-electron chi connectivity index (χ1n) is 7.99. The van der Waals surface area contributed by atoms with E-state index in [4.69, 9.17) is 4.98 Å². The highest BCUT2D eigenvalue weighted by atomic mass is 32.1. The van der Waals surface area contributed by atoms with Crippen LogP contribution in [0.5, 0.6) is 0 Å². The van der Waals surface area contributed by atoms with E-state index in [1.54, 1.807) is 0 Å². The molecular weight excluding hydrogens is 314 g/mol. The maximum atomic E-state index is 5.01. The van der Waals surface area contributed by atoms with Crippen LogP contribution in [-0.2, 0) is 7.05 Å². The van der Waals surface area contributed by atoms with Crippen molar-refractivity contribution in [1.29, 1.82) is 0 Å². The lowest BCUT2D eigenvalue weighted by Crippen LogP contribution is -1.87. The Morgan fingerprint density at radius 2 is 1.58 bits per heavy atom. The van der Waals surface area contributed by atoms with Gasteiger partial charge in [-0.05, 0) is 24.3 Å². The Bertz CT molecular complexity index is 1410. The number of hydrogen-bond acceptors (Lipinski definition) is 2. The summed E-state index contributed by atoms with van der Waals surface area (Å²) in [6.45, 7) is 0. The fourth-order valence-electron chi connectivity index (χ4n) is 3.82. The number of rotatable bonds is 0. The molecule has 0 saturated carbocycles. The molecule has 24 heavy (non-hydrogen) atoms. The number of para-hydroxylation sites is 2. The van der Waals surface area contributed by atoms with E-state index >= 15 is 0 Å². The molecule has 4 heteroatoms. The van der Waals surface area contributed by atoms with Gasteiger partial charge in [-0.1, -0.05) is 36.4 Å². The van der Waals surface area contributed by atoms with Gasteiger partial charge in [0.2, 0.25) is 5.78 Å². The molecule has 0 amide bonds. The molecule has 3 aromatic carbocycles. The van der Waals surface area contributed by atoms with E-state index in [0.717, 1.165) is 11.3 Å². The fraction of sp³-hybridized carbons (Fsp3) is 0.0500. The molecule has 3 nitrogen and oxygen atoms in total. The summed E-state index contributed by atoms with van der Waals surface area (Å²) in [5, 5.41) is 2.62. The van der Waals surface area contributed by atoms with Gasteiger partial charge >= 0.3 is 0 Å². The Labute approximate surface area is 141 Å². The topological polar surface area (TPSA) is 22.2 Å². The summed E-state index contributed by atoms with van der Waals surface area (Å²) >= 11 is 1.84. The molecular formula is C20H13N3S. The third-order valence-electron chi connectivity index (χ3n) is 4.94. The zero-order chi connectivity index (χ0) is 15.8. The van der Waals surface area contributed by atoms with Crippen molar-refractivity contribution >= 4 is 59.4 Å². The molecule has 3 heterocycles. The minimum absolute atomic E-state index is 0.996. The molecule has 3 aromatic heterocycles. The molecule has 0 unspecified atom stereocenters. The van der Waals surface area contributed by atoms with Crippen LogP contribution in [-0.4, -0.2) is 14.0 Å². The summed E-state index contributed by atoms with van der Waals surface area (Å²) < 4.78 is 7.05. The van der Waals surface area contributed by atoms with Gasteiger partial charge in [0, 0.05) is 22.5 Å². The second kappa shape index (κ2) is 4.16. The number of imidazole rings is 2. The van der Waals surface area contributed by atoms with Gasteiger partial charge in [-0.25, -0.2) is 4.98 Å². The molecule has 0 atom stereocenters. The van der Waals surface area contributed by atoms with Crippen molar-refractivity contribution in [3.05, 3.63) is 60.7 Å². The van der Waals surface area contributed by atoms with Gasteiger partial charge in [-0.3, -0.25) is 4.40 Å². The molecule has 0 fully saturated rings. The molecule has 0 aliphatic heterocycles. The second-order valence-electron chi connectivity index (χ2n) is 6.20. The standard InChI is InChI=1S/C20H13N3S/c1-22-14-7-3-4-8-15(14)23-16-11-10-13-12-6-2-5-9-17(12)24-19(13)18(16)21-20(22)23/h2-11H,1H3. The highest BCUT2D eigenvalue weighted by Crippen LogP contribution is 2.38. The fourth-order valence-corrected chi connectivity index (χ4v) is 5.01. The van der Waals surface area contributed by atoms with Crippen molar-refractivity contribution in [2.24, 2.45) is 7.05 Å². The summed E-state index contributed by atoms with van der Waals surface area (Å²) in [7, 11) is 2.09. The summed E-state index contributed by atoms with van der Waals surface area (Å²) in [5.41, 5.74) is 4.70. The summed E-state index contributed by atoms with van der Waals surface area (Å²) in [6.07, 6.45) is 0. The number of benzene rings is 3. The number of nitrogens with zero attached hydrogens (tertiary/aromatic N) is 3. The van der Waals surface area contributed by atoms with Gasteiger partial charge in [0.1, 0.15) is 5.52 Å². The van der Waals surface area contributed by atoms with E-state index in [-0.39, 0.29) is 0 Å². The van der Waals surface area contributed by atoms with Gasteiger partial charge in [0.25, 0.3) is 0 Å². The quantitative estimate of drug-likeness (QED) is 0.369. The van der Waals surface area contributed by atoms with Crippen LogP contribution >= 0.6 is 11.3 Å². The van der Waals surface area contributed by atoms with Gasteiger partial charge in [0.15, 0.2) is 0 Å². The van der Waals surface area contributed by atoms with Crippen molar-refractivity contribution in [2.45, 2.75) is 0 Å². The van der Waals surface area contributed by atoms with Gasteiger partial charge in [-0.15, -0.1) is 11.3 Å². The minimum Gasteiger partial charge on any atom is -0.313 e. The molecule has 0 radical (unpaired) electrons. The lowest BCUT2D eigenvalue weighted by atomic mass is 10.1. The zero-order valence-corrected chi connectivity index (χ0v) is 13.8. The first-order valence-corrected chi connectivity index (χ1v) is 8.80. The minimum atomic E-state index is 0.996. The van der Waals surface area contributed by atoms with Crippen LogP contribution < -0.4 is 0 Å². The number of aryl methyl sites for hydroxylation is 1. The van der Waals surface area contributed by atoms with Crippen molar-refractivity contribution in [1.82, 2.24) is 14.0 Å². The third-order valence-corrected chi connectivity index (χ3v) is 6.13. The van der Waals surface area contributed by atoms with Crippen molar-refractivity contribution in [2.75, 3.05) is 0 Å². The van der Waals surface area contributed by atoms with E-state index in [1.165, 1.54) is 36.7 Å². The number of fused-ring (bicyclic) bond motifs is 9. The van der Waals surface area contributed by atoms with E-state index in [1.807, 2.05) is 11.3 Å². The molecule has 114 valence electrons. The van der Waals surface area contributed by atoms with Crippen LogP contribution in [0.2, 0.25) is 0 Å². The zero-order valence-electron chi connectivity index (χ0n) is 13.0. The molecule has 0 bridgehead atoms. The molecule has 0 aliphatic carbocycles. The Kier molecular flexibility index (Phi) is 2.18. The maximum absolute atomic E-state index is 5.01. The van der Waals surface area contributed by atoms with Crippen molar-refractivity contribution < 1.29 is 0 Å². The SMILES string of the molecule is Cn1c2ccccc2n2c3ccc4c5ccccc5sc4c3nc12. The predicted molar refractivity (Wildman–Crippen MR) is 102 cm³/mol. The second-order valence-corrected chi connectivity index (χ2v) is 7.26. The van der Waals surface area contributed by atoms with Crippen molar-refractivity contribution in [3.8, 4) is 0 Å². The van der Waals surface area contributed by atoms with Crippen LogP contribution in [0.4, 0.5) is 0 Å². The smallest absolute Gasteiger partial charge is 0.215 e. The van der Waals surface area contributed by atoms with E-state index < -0.39 is 0 Å². The lowest BCUT2D eigenvalue weighted by Gasteiger charge is -1.96. The maximum Gasteiger partial charge on any atom is 0.215 e. The molecule has 0 aliphatic rings. The number of aromatic nitrogens is 3. The Hall–Kier alpha value is -2.85. The average molecular weight is 327 g/mol. The van der Waals surface area contributed by atoms with Gasteiger partial charge < -0.3 is 4.57 Å². The summed E-state index contributed by atoms with van der Waals surface area (Å²) in [5.74, 6) is 0.996. The van der Waals surface area contributed by atoms with Crippen LogP contribution in [0.25, 0.3) is 48.0 Å². The normalized spacial score (nSPS) is 12.4. The Balaban J connectivity index is 1.91. The molecule has 6 rings (SSSR count). The number of thiophene rings is 1. The average Bonchev–Trinajstić information content (AvgIpc) is 3.26. The van der Waals surface area contributed by atoms with Crippen molar-refractivity contribution in [3.63, 3.8) is 0 Å². The molecule has 0 spiro atoms. The largest absolute Gasteiger partial charge is 0.313 e. The molecule has 6 aromatic rings. The summed E-state index contributed by atoms with van der Waals surface area (Å²) in [6, 6.07) is 21.5. The third kappa shape index (κ3) is 1.36. The molecule has 0 N–H and O–H groups in total. The molecule has 0 saturated heterocycles.